The normalized spacial score (nSPS) is 11.7. The van der Waals surface area contributed by atoms with E-state index in [4.69, 9.17) is 37.4 Å². The SMILES string of the molecule is COC(Cc1ccc(Cl)c(OCCCOc2ccc(-c3ccccc3)cc2)c1Cl)C(=O)O. The monoisotopic (exact) mass is 474 g/mol. The molecule has 1 unspecified atom stereocenters. The van der Waals surface area contributed by atoms with E-state index in [9.17, 15) is 9.90 Å². The van der Waals surface area contributed by atoms with Gasteiger partial charge in [0.05, 0.1) is 23.3 Å². The van der Waals surface area contributed by atoms with E-state index in [2.05, 4.69) is 12.1 Å². The highest BCUT2D eigenvalue weighted by Crippen LogP contribution is 2.36. The van der Waals surface area contributed by atoms with Gasteiger partial charge in [-0.1, -0.05) is 71.7 Å². The second-order valence-electron chi connectivity index (χ2n) is 7.06. The number of carbonyl (C=O) groups is 1. The van der Waals surface area contributed by atoms with Crippen LogP contribution in [0, 0.1) is 0 Å². The highest BCUT2D eigenvalue weighted by Gasteiger charge is 2.21. The number of hydrogen-bond donors (Lipinski definition) is 1. The Morgan fingerprint density at radius 3 is 2.22 bits per heavy atom. The van der Waals surface area contributed by atoms with Gasteiger partial charge >= 0.3 is 5.97 Å². The lowest BCUT2D eigenvalue weighted by molar-refractivity contribution is -0.148. The van der Waals surface area contributed by atoms with Crippen molar-refractivity contribution in [3.05, 3.63) is 82.3 Å². The topological polar surface area (TPSA) is 65.0 Å². The van der Waals surface area contributed by atoms with E-state index in [1.807, 2.05) is 42.5 Å². The number of benzene rings is 3. The summed E-state index contributed by atoms with van der Waals surface area (Å²) < 4.78 is 16.5. The van der Waals surface area contributed by atoms with Crippen LogP contribution in [0.15, 0.2) is 66.7 Å². The first-order valence-corrected chi connectivity index (χ1v) is 10.9. The second-order valence-corrected chi connectivity index (χ2v) is 7.84. The van der Waals surface area contributed by atoms with Gasteiger partial charge in [0.2, 0.25) is 0 Å². The molecule has 0 bridgehead atoms. The van der Waals surface area contributed by atoms with Gasteiger partial charge in [-0.3, -0.25) is 0 Å². The van der Waals surface area contributed by atoms with Crippen LogP contribution in [-0.2, 0) is 16.0 Å². The molecule has 0 aromatic heterocycles. The van der Waals surface area contributed by atoms with Crippen molar-refractivity contribution in [1.82, 2.24) is 0 Å². The summed E-state index contributed by atoms with van der Waals surface area (Å²) in [4.78, 5) is 11.2. The van der Waals surface area contributed by atoms with Gasteiger partial charge < -0.3 is 19.3 Å². The zero-order chi connectivity index (χ0) is 22.9. The Bertz CT molecular complexity index is 1020. The van der Waals surface area contributed by atoms with Crippen LogP contribution < -0.4 is 9.47 Å². The van der Waals surface area contributed by atoms with Crippen LogP contribution in [0.1, 0.15) is 12.0 Å². The maximum Gasteiger partial charge on any atom is 0.333 e. The number of methoxy groups -OCH3 is 1. The molecule has 0 radical (unpaired) electrons. The first-order valence-electron chi connectivity index (χ1n) is 10.1. The first kappa shape index (κ1) is 23.9. The Kier molecular flexibility index (Phi) is 8.80. The van der Waals surface area contributed by atoms with Crippen molar-refractivity contribution in [3.8, 4) is 22.6 Å². The first-order chi connectivity index (χ1) is 15.5. The van der Waals surface area contributed by atoms with Gasteiger partial charge in [-0.15, -0.1) is 0 Å². The Hall–Kier alpha value is -2.73. The van der Waals surface area contributed by atoms with Crippen LogP contribution in [0.5, 0.6) is 11.5 Å². The number of rotatable bonds is 11. The van der Waals surface area contributed by atoms with Crippen LogP contribution in [0.2, 0.25) is 10.0 Å². The van der Waals surface area contributed by atoms with Crippen LogP contribution in [0.3, 0.4) is 0 Å². The zero-order valence-electron chi connectivity index (χ0n) is 17.6. The molecule has 3 rings (SSSR count). The minimum Gasteiger partial charge on any atom is -0.493 e. The van der Waals surface area contributed by atoms with Crippen molar-refractivity contribution in [2.24, 2.45) is 0 Å². The van der Waals surface area contributed by atoms with E-state index < -0.39 is 12.1 Å². The van der Waals surface area contributed by atoms with Crippen LogP contribution >= 0.6 is 23.2 Å². The maximum absolute atomic E-state index is 11.2. The molecule has 168 valence electrons. The smallest absolute Gasteiger partial charge is 0.333 e. The highest BCUT2D eigenvalue weighted by atomic mass is 35.5. The fourth-order valence-electron chi connectivity index (χ4n) is 3.13. The third kappa shape index (κ3) is 6.39. The molecular weight excluding hydrogens is 451 g/mol. The molecule has 0 aliphatic rings. The largest absolute Gasteiger partial charge is 0.493 e. The van der Waals surface area contributed by atoms with E-state index >= 15 is 0 Å². The van der Waals surface area contributed by atoms with Gasteiger partial charge in [0.25, 0.3) is 0 Å². The Balaban J connectivity index is 1.50. The van der Waals surface area contributed by atoms with Gasteiger partial charge in [-0.2, -0.15) is 0 Å². The summed E-state index contributed by atoms with van der Waals surface area (Å²) in [7, 11) is 1.34. The van der Waals surface area contributed by atoms with Crippen molar-refractivity contribution >= 4 is 29.2 Å². The van der Waals surface area contributed by atoms with E-state index in [0.717, 1.165) is 16.9 Å². The minimum atomic E-state index is -1.06. The Morgan fingerprint density at radius 1 is 0.906 bits per heavy atom. The molecule has 5 nitrogen and oxygen atoms in total. The van der Waals surface area contributed by atoms with Crippen molar-refractivity contribution in [2.75, 3.05) is 20.3 Å². The predicted molar refractivity (Wildman–Crippen MR) is 126 cm³/mol. The lowest BCUT2D eigenvalue weighted by atomic mass is 10.1. The number of ether oxygens (including phenoxy) is 3. The van der Waals surface area contributed by atoms with Crippen molar-refractivity contribution in [2.45, 2.75) is 18.9 Å². The number of halogens is 2. The average Bonchev–Trinajstić information content (AvgIpc) is 2.81. The molecule has 1 atom stereocenters. The summed E-state index contributed by atoms with van der Waals surface area (Å²) in [6.45, 7) is 0.808. The summed E-state index contributed by atoms with van der Waals surface area (Å²) in [6.07, 6.45) is -0.267. The Labute approximate surface area is 197 Å². The van der Waals surface area contributed by atoms with Crippen molar-refractivity contribution < 1.29 is 24.1 Å². The molecule has 0 aliphatic carbocycles. The molecule has 3 aromatic carbocycles. The standard InChI is InChI=1S/C25H24Cl2O5/c1-30-22(25(28)29)16-19-10-13-21(26)24(23(19)27)32-15-5-14-31-20-11-8-18(9-12-20)17-6-3-2-4-7-17/h2-4,6-13,22H,5,14-16H2,1H3,(H,28,29). The molecule has 7 heteroatoms. The molecule has 32 heavy (non-hydrogen) atoms. The molecule has 0 aliphatic heterocycles. The number of carboxylic acids is 1. The summed E-state index contributed by atoms with van der Waals surface area (Å²) in [6, 6.07) is 21.4. The summed E-state index contributed by atoms with van der Waals surface area (Å²) in [5, 5.41) is 9.83. The van der Waals surface area contributed by atoms with Gasteiger partial charge in [0.1, 0.15) is 5.75 Å². The number of hydrogen-bond acceptors (Lipinski definition) is 4. The zero-order valence-corrected chi connectivity index (χ0v) is 19.1. The molecule has 3 aromatic rings. The van der Waals surface area contributed by atoms with E-state index in [0.29, 0.717) is 41.0 Å². The molecular formula is C25H24Cl2O5. The fourth-order valence-corrected chi connectivity index (χ4v) is 3.69. The van der Waals surface area contributed by atoms with Gasteiger partial charge in [-0.25, -0.2) is 4.79 Å². The number of carboxylic acid groups (broad SMARTS) is 1. The van der Waals surface area contributed by atoms with E-state index in [-0.39, 0.29) is 6.42 Å². The second kappa shape index (κ2) is 11.8. The van der Waals surface area contributed by atoms with Crippen LogP contribution in [0.4, 0.5) is 0 Å². The third-order valence-electron chi connectivity index (χ3n) is 4.86. The minimum absolute atomic E-state index is 0.111. The number of aliphatic carboxylic acids is 1. The highest BCUT2D eigenvalue weighted by molar-refractivity contribution is 6.37. The lowest BCUT2D eigenvalue weighted by Crippen LogP contribution is -2.25. The quantitative estimate of drug-likeness (QED) is 0.337. The molecule has 0 saturated carbocycles. The maximum atomic E-state index is 11.2. The summed E-state index contributed by atoms with van der Waals surface area (Å²) >= 11 is 12.6. The van der Waals surface area contributed by atoms with E-state index in [1.54, 1.807) is 12.1 Å². The average molecular weight is 475 g/mol. The summed E-state index contributed by atoms with van der Waals surface area (Å²) in [5.74, 6) is 0.0512. The molecule has 0 spiro atoms. The van der Waals surface area contributed by atoms with Gasteiger partial charge in [0, 0.05) is 20.0 Å². The molecule has 1 N–H and O–H groups in total. The van der Waals surface area contributed by atoms with Crippen molar-refractivity contribution in [1.29, 1.82) is 0 Å². The van der Waals surface area contributed by atoms with Crippen molar-refractivity contribution in [3.63, 3.8) is 0 Å². The van der Waals surface area contributed by atoms with Gasteiger partial charge in [0.15, 0.2) is 11.9 Å². The van der Waals surface area contributed by atoms with Crippen LogP contribution in [0.25, 0.3) is 11.1 Å². The third-order valence-corrected chi connectivity index (χ3v) is 5.57. The molecule has 0 saturated heterocycles. The summed E-state index contributed by atoms with van der Waals surface area (Å²) in [5.41, 5.74) is 2.88. The Morgan fingerprint density at radius 2 is 1.56 bits per heavy atom. The molecule has 0 heterocycles. The molecule has 0 fully saturated rings. The van der Waals surface area contributed by atoms with Gasteiger partial charge in [-0.05, 0) is 34.9 Å². The molecule has 0 amide bonds. The van der Waals surface area contributed by atoms with E-state index in [1.165, 1.54) is 7.11 Å². The lowest BCUT2D eigenvalue weighted by Gasteiger charge is -2.16. The van der Waals surface area contributed by atoms with Crippen LogP contribution in [-0.4, -0.2) is 37.5 Å². The fraction of sp³-hybridized carbons (Fsp3) is 0.240. The predicted octanol–water partition coefficient (Wildman–Crippen LogP) is 6.15.